The topological polar surface area (TPSA) is 171 Å². The van der Waals surface area contributed by atoms with Crippen molar-refractivity contribution >= 4 is 29.5 Å². The van der Waals surface area contributed by atoms with Gasteiger partial charge in [-0.1, -0.05) is 34.6 Å². The molecule has 0 aromatic carbocycles. The number of rotatable bonds is 8. The van der Waals surface area contributed by atoms with Crippen LogP contribution in [-0.2, 0) is 19.2 Å². The summed E-state index contributed by atoms with van der Waals surface area (Å²) in [6.45, 7) is 15.4. The molecule has 0 spiro atoms. The number of nitrogens with two attached hydrogens (primary N) is 1. The van der Waals surface area contributed by atoms with Crippen LogP contribution < -0.4 is 21.7 Å². The Kier molecular flexibility index (Phi) is 7.70. The van der Waals surface area contributed by atoms with E-state index in [0.717, 1.165) is 6.42 Å². The van der Waals surface area contributed by atoms with Crippen LogP contribution in [0.1, 0.15) is 81.1 Å². The number of urea groups is 1. The van der Waals surface area contributed by atoms with E-state index in [9.17, 15) is 29.1 Å². The van der Waals surface area contributed by atoms with Crippen molar-refractivity contribution in [2.75, 3.05) is 6.54 Å². The molecule has 38 heavy (non-hydrogen) atoms. The number of ketones is 1. The summed E-state index contributed by atoms with van der Waals surface area (Å²) in [4.78, 5) is 66.1. The summed E-state index contributed by atoms with van der Waals surface area (Å²) < 4.78 is 0. The van der Waals surface area contributed by atoms with Crippen LogP contribution in [0.5, 0.6) is 0 Å². The van der Waals surface area contributed by atoms with Crippen molar-refractivity contribution in [2.24, 2.45) is 28.4 Å². The van der Waals surface area contributed by atoms with Crippen molar-refractivity contribution < 1.29 is 29.1 Å². The molecule has 1 heterocycles. The molecule has 5 atom stereocenters. The normalized spacial score (nSPS) is 26.8. The Morgan fingerprint density at radius 1 is 1.03 bits per heavy atom. The number of primary amides is 1. The number of hydrogen-bond donors (Lipinski definition) is 5. The van der Waals surface area contributed by atoms with Gasteiger partial charge in [0.1, 0.15) is 18.1 Å². The molecule has 214 valence electrons. The highest BCUT2D eigenvalue weighted by Crippen LogP contribution is 2.65. The maximum Gasteiger partial charge on any atom is 0.315 e. The molecule has 3 aliphatic rings. The van der Waals surface area contributed by atoms with Crippen LogP contribution in [0.15, 0.2) is 0 Å². The molecule has 2 unspecified atom stereocenters. The van der Waals surface area contributed by atoms with Crippen molar-refractivity contribution in [3.05, 3.63) is 0 Å². The van der Waals surface area contributed by atoms with E-state index in [2.05, 4.69) is 16.0 Å². The quantitative estimate of drug-likeness (QED) is 0.288. The number of aliphatic hydroxyl groups is 1. The highest BCUT2D eigenvalue weighted by molar-refractivity contribution is 6.37. The number of carbonyl (C=O) groups is 5. The standard InChI is InChI=1S/C27H45N5O6/c1-24(2,3)19(30-23(37)31-25(4,5)6)22(36)32-13-14-16(26(14,7)8)17(32)21(35)29-15(18(33)20(28)34)12-27(38)10-9-11-27/h14-17,19,38H,9-13H2,1-8H3,(H2,28,34)(H,29,35)(H2,30,31,37)/t14-,15?,16-,17?,19+/m0/s1. The van der Waals surface area contributed by atoms with Crippen molar-refractivity contribution in [2.45, 2.75) is 110 Å². The molecule has 2 aliphatic carbocycles. The summed E-state index contributed by atoms with van der Waals surface area (Å²) in [5.41, 5.74) is 2.74. The third-order valence-corrected chi connectivity index (χ3v) is 8.38. The molecular formula is C27H45N5O6. The average molecular weight is 536 g/mol. The van der Waals surface area contributed by atoms with Crippen LogP contribution in [0.3, 0.4) is 0 Å². The lowest BCUT2D eigenvalue weighted by molar-refractivity contribution is -0.146. The molecule has 11 heteroatoms. The third-order valence-electron chi connectivity index (χ3n) is 8.38. The molecular weight excluding hydrogens is 490 g/mol. The fraction of sp³-hybridized carbons (Fsp3) is 0.815. The lowest BCUT2D eigenvalue weighted by atomic mass is 9.75. The van der Waals surface area contributed by atoms with Crippen molar-refractivity contribution in [3.63, 3.8) is 0 Å². The first-order valence-electron chi connectivity index (χ1n) is 13.4. The number of likely N-dealkylation sites (tertiary alicyclic amines) is 1. The van der Waals surface area contributed by atoms with Gasteiger partial charge in [0.2, 0.25) is 17.6 Å². The van der Waals surface area contributed by atoms with E-state index in [0.29, 0.717) is 19.4 Å². The molecule has 6 N–H and O–H groups in total. The number of fused-ring (bicyclic) bond motifs is 1. The lowest BCUT2D eigenvalue weighted by Crippen LogP contribution is -2.62. The van der Waals surface area contributed by atoms with Gasteiger partial charge in [-0.05, 0) is 62.7 Å². The second-order valence-electron chi connectivity index (χ2n) is 14.1. The number of piperidine rings is 1. The Labute approximate surface area is 225 Å². The number of amides is 5. The van der Waals surface area contributed by atoms with E-state index >= 15 is 0 Å². The van der Waals surface area contributed by atoms with Crippen LogP contribution in [0.4, 0.5) is 4.79 Å². The molecule has 0 bridgehead atoms. The van der Waals surface area contributed by atoms with E-state index in [1.165, 1.54) is 4.90 Å². The Morgan fingerprint density at radius 2 is 1.61 bits per heavy atom. The third kappa shape index (κ3) is 6.13. The summed E-state index contributed by atoms with van der Waals surface area (Å²) >= 11 is 0. The second kappa shape index (κ2) is 9.81. The van der Waals surface area contributed by atoms with Gasteiger partial charge >= 0.3 is 6.03 Å². The van der Waals surface area contributed by atoms with Gasteiger partial charge < -0.3 is 31.7 Å². The zero-order valence-electron chi connectivity index (χ0n) is 23.9. The maximum atomic E-state index is 13.9. The largest absolute Gasteiger partial charge is 0.390 e. The average Bonchev–Trinajstić information content (AvgIpc) is 3.07. The molecule has 1 aliphatic heterocycles. The first-order valence-corrected chi connectivity index (χ1v) is 13.4. The van der Waals surface area contributed by atoms with Gasteiger partial charge in [-0.3, -0.25) is 19.2 Å². The molecule has 1 saturated heterocycles. The fourth-order valence-corrected chi connectivity index (χ4v) is 5.94. The minimum Gasteiger partial charge on any atom is -0.390 e. The van der Waals surface area contributed by atoms with Crippen molar-refractivity contribution in [1.82, 2.24) is 20.9 Å². The van der Waals surface area contributed by atoms with E-state index in [1.54, 1.807) is 0 Å². The molecule has 3 fully saturated rings. The van der Waals surface area contributed by atoms with Gasteiger partial charge in [0.05, 0.1) is 5.60 Å². The second-order valence-corrected chi connectivity index (χ2v) is 14.1. The van der Waals surface area contributed by atoms with Gasteiger partial charge in [-0.2, -0.15) is 0 Å². The number of hydrogen-bond acceptors (Lipinski definition) is 6. The van der Waals surface area contributed by atoms with E-state index < -0.39 is 58.3 Å². The molecule has 0 radical (unpaired) electrons. The summed E-state index contributed by atoms with van der Waals surface area (Å²) in [7, 11) is 0. The highest BCUT2D eigenvalue weighted by Gasteiger charge is 2.70. The number of nitrogens with one attached hydrogen (secondary N) is 3. The molecule has 5 amide bonds. The van der Waals surface area contributed by atoms with Gasteiger partial charge in [-0.25, -0.2) is 4.79 Å². The summed E-state index contributed by atoms with van der Waals surface area (Å²) in [6.07, 6.45) is 1.60. The van der Waals surface area contributed by atoms with Gasteiger partial charge in [0.25, 0.3) is 5.91 Å². The number of nitrogens with zero attached hydrogens (tertiary/aromatic N) is 1. The molecule has 3 rings (SSSR count). The Balaban J connectivity index is 1.85. The number of Topliss-reactive ketones (excluding diaryl/α,β-unsaturated/α-hetero) is 1. The predicted octanol–water partition coefficient (Wildman–Crippen LogP) is 0.826. The first-order chi connectivity index (χ1) is 17.2. The highest BCUT2D eigenvalue weighted by atomic mass is 16.3. The van der Waals surface area contributed by atoms with Crippen LogP contribution >= 0.6 is 0 Å². The molecule has 0 aromatic heterocycles. The maximum absolute atomic E-state index is 13.9. The smallest absolute Gasteiger partial charge is 0.315 e. The Hall–Kier alpha value is -2.69. The van der Waals surface area contributed by atoms with Crippen molar-refractivity contribution in [1.29, 1.82) is 0 Å². The zero-order chi connectivity index (χ0) is 29.0. The van der Waals surface area contributed by atoms with Crippen LogP contribution in [0.25, 0.3) is 0 Å². The number of carbonyl (C=O) groups excluding carboxylic acids is 5. The van der Waals surface area contributed by atoms with Gasteiger partial charge in [0, 0.05) is 18.5 Å². The first kappa shape index (κ1) is 29.9. The van der Waals surface area contributed by atoms with Crippen LogP contribution in [0, 0.1) is 22.7 Å². The summed E-state index contributed by atoms with van der Waals surface area (Å²) in [6, 6.07) is -3.58. The van der Waals surface area contributed by atoms with Crippen molar-refractivity contribution in [3.8, 4) is 0 Å². The fourth-order valence-electron chi connectivity index (χ4n) is 5.94. The molecule has 2 saturated carbocycles. The predicted molar refractivity (Wildman–Crippen MR) is 140 cm³/mol. The zero-order valence-corrected chi connectivity index (χ0v) is 23.9. The van der Waals surface area contributed by atoms with Crippen LogP contribution in [0.2, 0.25) is 0 Å². The van der Waals surface area contributed by atoms with Crippen LogP contribution in [-0.4, -0.2) is 75.4 Å². The minimum atomic E-state index is -1.28. The Morgan fingerprint density at radius 3 is 2.05 bits per heavy atom. The Bertz CT molecular complexity index is 1010. The molecule has 0 aromatic rings. The molecule has 11 nitrogen and oxygen atoms in total. The van der Waals surface area contributed by atoms with Gasteiger partial charge in [-0.15, -0.1) is 0 Å². The summed E-state index contributed by atoms with van der Waals surface area (Å²) in [5.74, 6) is -3.19. The van der Waals surface area contributed by atoms with E-state index in [1.807, 2.05) is 55.4 Å². The lowest BCUT2D eigenvalue weighted by Gasteiger charge is -2.40. The van der Waals surface area contributed by atoms with E-state index in [4.69, 9.17) is 5.73 Å². The monoisotopic (exact) mass is 535 g/mol. The summed E-state index contributed by atoms with van der Waals surface area (Å²) in [5, 5.41) is 18.9. The minimum absolute atomic E-state index is 0.0762. The SMILES string of the molecule is CC(C)(C)NC(=O)N[C@H](C(=O)N1C[C@H]2[C@@H](C1C(=O)NC(CC1(O)CCC1)C(=O)C(N)=O)C2(C)C)C(C)(C)C. The van der Waals surface area contributed by atoms with E-state index in [-0.39, 0.29) is 29.6 Å². The van der Waals surface area contributed by atoms with Gasteiger partial charge in [0.15, 0.2) is 0 Å².